The molecule has 1 heterocycles. The summed E-state index contributed by atoms with van der Waals surface area (Å²) in [6.07, 6.45) is 1.50. The van der Waals surface area contributed by atoms with Gasteiger partial charge in [0, 0.05) is 18.6 Å². The number of ether oxygens (including phenoxy) is 1. The zero-order valence-corrected chi connectivity index (χ0v) is 9.56. The number of morpholine rings is 1. The number of hydrogen-bond acceptors (Lipinski definition) is 4. The first-order valence-corrected chi connectivity index (χ1v) is 5.16. The minimum atomic E-state index is -1.18. The van der Waals surface area contributed by atoms with Gasteiger partial charge in [-0.1, -0.05) is 0 Å². The second kappa shape index (κ2) is 5.10. The molecule has 0 bridgehead atoms. The van der Waals surface area contributed by atoms with E-state index in [1.165, 1.54) is 6.08 Å². The van der Waals surface area contributed by atoms with Crippen LogP contribution in [0.4, 0.5) is 0 Å². The molecule has 88 valence electrons. The molecule has 16 heavy (non-hydrogen) atoms. The molecule has 0 aromatic heterocycles. The van der Waals surface area contributed by atoms with Crippen LogP contribution in [0.2, 0.25) is 0 Å². The summed E-state index contributed by atoms with van der Waals surface area (Å²) < 4.78 is 5.23. The van der Waals surface area contributed by atoms with Crippen LogP contribution in [0.3, 0.4) is 0 Å². The molecule has 1 aliphatic rings. The largest absolute Gasteiger partial charge is 0.477 e. The molecule has 0 saturated carbocycles. The van der Waals surface area contributed by atoms with E-state index in [-0.39, 0.29) is 5.57 Å². The van der Waals surface area contributed by atoms with E-state index in [4.69, 9.17) is 15.1 Å². The third-order valence-electron chi connectivity index (χ3n) is 2.67. The number of nitriles is 1. The Morgan fingerprint density at radius 1 is 1.50 bits per heavy atom. The number of carboxylic acids is 1. The maximum atomic E-state index is 10.8. The fraction of sp³-hybridized carbons (Fsp3) is 0.636. The smallest absolute Gasteiger partial charge is 0.346 e. The third kappa shape index (κ3) is 3.05. The fourth-order valence-electron chi connectivity index (χ4n) is 1.73. The molecule has 0 radical (unpaired) electrons. The number of nitrogens with zero attached hydrogens (tertiary/aromatic N) is 2. The lowest BCUT2D eigenvalue weighted by atomic mass is 9.98. The van der Waals surface area contributed by atoms with E-state index in [2.05, 4.69) is 4.90 Å². The van der Waals surface area contributed by atoms with Crippen molar-refractivity contribution in [2.45, 2.75) is 19.4 Å². The van der Waals surface area contributed by atoms with Crippen LogP contribution in [-0.4, -0.2) is 47.8 Å². The maximum absolute atomic E-state index is 10.8. The summed E-state index contributed by atoms with van der Waals surface area (Å²) in [6.45, 7) is 6.60. The minimum absolute atomic E-state index is 0.212. The number of rotatable bonds is 3. The van der Waals surface area contributed by atoms with Gasteiger partial charge in [0.2, 0.25) is 0 Å². The van der Waals surface area contributed by atoms with Crippen molar-refractivity contribution in [3.8, 4) is 6.07 Å². The van der Waals surface area contributed by atoms with E-state index in [1.807, 2.05) is 13.8 Å². The van der Waals surface area contributed by atoms with E-state index in [0.29, 0.717) is 13.2 Å². The average molecular weight is 224 g/mol. The molecular formula is C11H16N2O3. The van der Waals surface area contributed by atoms with Crippen LogP contribution in [-0.2, 0) is 9.53 Å². The minimum Gasteiger partial charge on any atom is -0.477 e. The van der Waals surface area contributed by atoms with E-state index in [1.54, 1.807) is 6.07 Å². The average Bonchev–Trinajstić information content (AvgIpc) is 2.27. The number of aliphatic carboxylic acids is 1. The van der Waals surface area contributed by atoms with Gasteiger partial charge < -0.3 is 9.84 Å². The van der Waals surface area contributed by atoms with Crippen LogP contribution in [0, 0.1) is 11.3 Å². The third-order valence-corrected chi connectivity index (χ3v) is 2.67. The first-order valence-electron chi connectivity index (χ1n) is 5.16. The van der Waals surface area contributed by atoms with Gasteiger partial charge in [0.1, 0.15) is 11.6 Å². The zero-order chi connectivity index (χ0) is 12.2. The molecule has 0 spiro atoms. The Labute approximate surface area is 94.9 Å². The molecule has 5 nitrogen and oxygen atoms in total. The number of carboxylic acid groups (broad SMARTS) is 1. The Balaban J connectivity index is 2.83. The predicted molar refractivity (Wildman–Crippen MR) is 57.8 cm³/mol. The van der Waals surface area contributed by atoms with E-state index in [0.717, 1.165) is 13.1 Å². The van der Waals surface area contributed by atoms with E-state index < -0.39 is 11.5 Å². The van der Waals surface area contributed by atoms with Gasteiger partial charge in [-0.05, 0) is 19.9 Å². The monoisotopic (exact) mass is 224 g/mol. The molecule has 0 unspecified atom stereocenters. The Bertz CT molecular complexity index is 336. The normalized spacial score (nSPS) is 19.2. The molecule has 0 aromatic rings. The first kappa shape index (κ1) is 12.7. The molecular weight excluding hydrogens is 208 g/mol. The lowest BCUT2D eigenvalue weighted by molar-refractivity contribution is -0.132. The van der Waals surface area contributed by atoms with Crippen molar-refractivity contribution < 1.29 is 14.6 Å². The topological polar surface area (TPSA) is 73.6 Å². The highest BCUT2D eigenvalue weighted by atomic mass is 16.5. The van der Waals surface area contributed by atoms with Gasteiger partial charge in [-0.3, -0.25) is 4.90 Å². The van der Waals surface area contributed by atoms with Gasteiger partial charge >= 0.3 is 5.97 Å². The highest BCUT2D eigenvalue weighted by molar-refractivity contribution is 5.91. The molecule has 1 aliphatic heterocycles. The molecule has 1 N–H and O–H groups in total. The molecule has 0 amide bonds. The van der Waals surface area contributed by atoms with Gasteiger partial charge in [-0.15, -0.1) is 0 Å². The summed E-state index contributed by atoms with van der Waals surface area (Å²) in [5.74, 6) is -1.18. The lowest BCUT2D eigenvalue weighted by Crippen LogP contribution is -2.49. The SMILES string of the molecule is CC(C)(C=C(C#N)C(=O)O)N1CCOCC1. The van der Waals surface area contributed by atoms with Gasteiger partial charge in [0.05, 0.1) is 13.2 Å². The van der Waals surface area contributed by atoms with Crippen LogP contribution >= 0.6 is 0 Å². The van der Waals surface area contributed by atoms with Gasteiger partial charge in [0.15, 0.2) is 0 Å². The Morgan fingerprint density at radius 2 is 2.06 bits per heavy atom. The summed E-state index contributed by atoms with van der Waals surface area (Å²) in [4.78, 5) is 12.9. The summed E-state index contributed by atoms with van der Waals surface area (Å²) in [6, 6.07) is 1.70. The highest BCUT2D eigenvalue weighted by Gasteiger charge is 2.27. The maximum Gasteiger partial charge on any atom is 0.346 e. The number of carbonyl (C=O) groups is 1. The summed E-state index contributed by atoms with van der Waals surface area (Å²) in [7, 11) is 0. The summed E-state index contributed by atoms with van der Waals surface area (Å²) in [5.41, 5.74) is -0.649. The highest BCUT2D eigenvalue weighted by Crippen LogP contribution is 2.19. The lowest BCUT2D eigenvalue weighted by Gasteiger charge is -2.38. The molecule has 5 heteroatoms. The van der Waals surface area contributed by atoms with Crippen LogP contribution in [0.15, 0.2) is 11.6 Å². The van der Waals surface area contributed by atoms with Crippen molar-refractivity contribution in [1.29, 1.82) is 5.26 Å². The molecule has 0 aliphatic carbocycles. The van der Waals surface area contributed by atoms with Gasteiger partial charge in [0.25, 0.3) is 0 Å². The van der Waals surface area contributed by atoms with Crippen molar-refractivity contribution in [1.82, 2.24) is 4.90 Å². The van der Waals surface area contributed by atoms with Crippen LogP contribution in [0.5, 0.6) is 0 Å². The van der Waals surface area contributed by atoms with Crippen molar-refractivity contribution >= 4 is 5.97 Å². The molecule has 1 fully saturated rings. The standard InChI is InChI=1S/C11H16N2O3/c1-11(2,7-9(8-12)10(14)15)13-3-5-16-6-4-13/h7H,3-6H2,1-2H3,(H,14,15). The number of hydrogen-bond donors (Lipinski definition) is 1. The predicted octanol–water partition coefficient (Wildman–Crippen LogP) is 0.632. The van der Waals surface area contributed by atoms with Crippen LogP contribution in [0.25, 0.3) is 0 Å². The summed E-state index contributed by atoms with van der Waals surface area (Å²) >= 11 is 0. The van der Waals surface area contributed by atoms with Crippen LogP contribution < -0.4 is 0 Å². The van der Waals surface area contributed by atoms with Gasteiger partial charge in [-0.25, -0.2) is 4.79 Å². The molecule has 0 aromatic carbocycles. The quantitative estimate of drug-likeness (QED) is 0.562. The molecule has 1 rings (SSSR count). The zero-order valence-electron chi connectivity index (χ0n) is 9.56. The Kier molecular flexibility index (Phi) is 4.05. The van der Waals surface area contributed by atoms with Gasteiger partial charge in [-0.2, -0.15) is 5.26 Å². The van der Waals surface area contributed by atoms with Crippen molar-refractivity contribution in [2.75, 3.05) is 26.3 Å². The first-order chi connectivity index (χ1) is 7.47. The fourth-order valence-corrected chi connectivity index (χ4v) is 1.73. The Hall–Kier alpha value is -1.38. The van der Waals surface area contributed by atoms with Crippen molar-refractivity contribution in [2.24, 2.45) is 0 Å². The van der Waals surface area contributed by atoms with Crippen molar-refractivity contribution in [3.63, 3.8) is 0 Å². The van der Waals surface area contributed by atoms with E-state index in [9.17, 15) is 4.79 Å². The second-order valence-electron chi connectivity index (χ2n) is 4.23. The summed E-state index contributed by atoms with van der Waals surface area (Å²) in [5, 5.41) is 17.5. The van der Waals surface area contributed by atoms with Crippen LogP contribution in [0.1, 0.15) is 13.8 Å². The molecule has 0 atom stereocenters. The molecule has 1 saturated heterocycles. The van der Waals surface area contributed by atoms with E-state index >= 15 is 0 Å². The Morgan fingerprint density at radius 3 is 2.50 bits per heavy atom. The second-order valence-corrected chi connectivity index (χ2v) is 4.23. The van der Waals surface area contributed by atoms with Crippen molar-refractivity contribution in [3.05, 3.63) is 11.6 Å².